The highest BCUT2D eigenvalue weighted by atomic mass is 16.5. The summed E-state index contributed by atoms with van der Waals surface area (Å²) in [7, 11) is 0. The van der Waals surface area contributed by atoms with Crippen molar-refractivity contribution < 1.29 is 33.3 Å². The first kappa shape index (κ1) is 39.6. The molecule has 240 valence electrons. The average molecular weight is 583 g/mol. The molecule has 0 aliphatic carbocycles. The van der Waals surface area contributed by atoms with Gasteiger partial charge in [-0.25, -0.2) is 0 Å². The Morgan fingerprint density at radius 2 is 0.683 bits per heavy atom. The van der Waals surface area contributed by atoms with Gasteiger partial charge in [0.2, 0.25) is 0 Å². The Kier molecular flexibility index (Phi) is 16.4. The van der Waals surface area contributed by atoms with Gasteiger partial charge in [0.15, 0.2) is 0 Å². The van der Waals surface area contributed by atoms with Crippen LogP contribution in [0.3, 0.4) is 0 Å². The summed E-state index contributed by atoms with van der Waals surface area (Å²) in [5.41, 5.74) is -0.856. The maximum Gasteiger partial charge on any atom is 0.140 e. The third-order valence-corrected chi connectivity index (χ3v) is 7.17. The fraction of sp³-hybridized carbons (Fsp3) is 0.853. The van der Waals surface area contributed by atoms with Gasteiger partial charge >= 0.3 is 0 Å². The van der Waals surface area contributed by atoms with Crippen LogP contribution in [-0.4, -0.2) is 70.2 Å². The van der Waals surface area contributed by atoms with Crippen molar-refractivity contribution in [3.05, 3.63) is 12.2 Å². The van der Waals surface area contributed by atoms with E-state index in [1.807, 2.05) is 62.3 Å². The first-order valence-corrected chi connectivity index (χ1v) is 15.1. The molecule has 0 aliphatic rings. The van der Waals surface area contributed by atoms with Gasteiger partial charge in [0.25, 0.3) is 0 Å². The molecule has 0 aliphatic heterocycles. The first-order valence-electron chi connectivity index (χ1n) is 15.1. The molecule has 7 nitrogen and oxygen atoms in total. The normalized spacial score (nSPS) is 13.4. The molecule has 7 heteroatoms. The average Bonchev–Trinajstić information content (AvgIpc) is 2.81. The van der Waals surface area contributed by atoms with Crippen molar-refractivity contribution in [2.75, 3.05) is 52.9 Å². The third-order valence-electron chi connectivity index (χ3n) is 7.17. The summed E-state index contributed by atoms with van der Waals surface area (Å²) in [6.07, 6.45) is 1.66. The summed E-state index contributed by atoms with van der Waals surface area (Å²) < 4.78 is 24.3. The Balaban J connectivity index is 5.57. The van der Waals surface area contributed by atoms with E-state index in [0.29, 0.717) is 32.5 Å². The minimum Gasteiger partial charge on any atom is -0.380 e. The number of carbonyl (C=O) groups excluding carboxylic acids is 3. The van der Waals surface area contributed by atoms with Crippen molar-refractivity contribution in [2.24, 2.45) is 27.1 Å². The third kappa shape index (κ3) is 17.3. The van der Waals surface area contributed by atoms with Crippen LogP contribution in [0.5, 0.6) is 0 Å². The van der Waals surface area contributed by atoms with Crippen molar-refractivity contribution in [1.29, 1.82) is 0 Å². The molecular weight excluding hydrogens is 520 g/mol. The Hall–Kier alpha value is -1.41. The fourth-order valence-corrected chi connectivity index (χ4v) is 3.59. The Bertz CT molecular complexity index is 688. The molecule has 0 spiro atoms. The molecule has 0 atom stereocenters. The van der Waals surface area contributed by atoms with E-state index in [2.05, 4.69) is 27.4 Å². The molecule has 0 aromatic carbocycles. The van der Waals surface area contributed by atoms with Crippen LogP contribution in [0, 0.1) is 27.1 Å². The van der Waals surface area contributed by atoms with Gasteiger partial charge in [-0.3, -0.25) is 14.4 Å². The molecule has 0 saturated carbocycles. The van der Waals surface area contributed by atoms with Crippen molar-refractivity contribution in [2.45, 2.75) is 109 Å². The molecule has 0 aromatic rings. The number of hydrogen-bond acceptors (Lipinski definition) is 7. The monoisotopic (exact) mass is 582 g/mol. The minimum atomic E-state index is -0.677. The van der Waals surface area contributed by atoms with Crippen molar-refractivity contribution in [1.82, 2.24) is 0 Å². The predicted molar refractivity (Wildman–Crippen MR) is 166 cm³/mol. The zero-order chi connectivity index (χ0) is 32.1. The van der Waals surface area contributed by atoms with E-state index >= 15 is 0 Å². The molecule has 0 bridgehead atoms. The van der Waals surface area contributed by atoms with E-state index in [9.17, 15) is 14.4 Å². The lowest BCUT2D eigenvalue weighted by Crippen LogP contribution is -2.42. The molecule has 0 aromatic heterocycles. The summed E-state index contributed by atoms with van der Waals surface area (Å²) in [5.74, 6) is 0.400. The molecule has 41 heavy (non-hydrogen) atoms. The molecule has 0 saturated heterocycles. The van der Waals surface area contributed by atoms with Crippen molar-refractivity contribution in [3.8, 4) is 0 Å². The molecule has 0 heterocycles. The van der Waals surface area contributed by atoms with Crippen LogP contribution in [0.25, 0.3) is 0 Å². The lowest BCUT2D eigenvalue weighted by atomic mass is 9.86. The summed E-state index contributed by atoms with van der Waals surface area (Å²) in [4.78, 5) is 37.3. The highest BCUT2D eigenvalue weighted by Crippen LogP contribution is 2.27. The predicted octanol–water partition coefficient (Wildman–Crippen LogP) is 7.05. The topological polar surface area (TPSA) is 88.1 Å². The molecule has 0 N–H and O–H groups in total. The van der Waals surface area contributed by atoms with Gasteiger partial charge in [-0.1, -0.05) is 95.2 Å². The summed E-state index contributed by atoms with van der Waals surface area (Å²) >= 11 is 0. The molecular formula is C34H62O7. The zero-order valence-corrected chi connectivity index (χ0v) is 28.6. The maximum absolute atomic E-state index is 12.4. The summed E-state index contributed by atoms with van der Waals surface area (Å²) in [5, 5.41) is 0. The second kappa shape index (κ2) is 17.0. The Labute approximate surface area is 251 Å². The molecule has 0 fully saturated rings. The smallest absolute Gasteiger partial charge is 0.140 e. The van der Waals surface area contributed by atoms with Crippen LogP contribution in [-0.2, 0) is 33.3 Å². The van der Waals surface area contributed by atoms with Gasteiger partial charge in [0.1, 0.15) is 17.3 Å². The van der Waals surface area contributed by atoms with Crippen LogP contribution >= 0.6 is 0 Å². The van der Waals surface area contributed by atoms with E-state index in [1.54, 1.807) is 0 Å². The number of ketones is 3. The van der Waals surface area contributed by atoms with Gasteiger partial charge in [-0.15, -0.1) is 0 Å². The lowest BCUT2D eigenvalue weighted by molar-refractivity contribution is -0.132. The zero-order valence-electron chi connectivity index (χ0n) is 28.6. The Morgan fingerprint density at radius 1 is 0.439 bits per heavy atom. The second-order valence-corrected chi connectivity index (χ2v) is 15.6. The molecule has 0 radical (unpaired) electrons. The molecule has 0 unspecified atom stereocenters. The van der Waals surface area contributed by atoms with Crippen LogP contribution in [0.1, 0.15) is 109 Å². The lowest BCUT2D eigenvalue weighted by Gasteiger charge is -2.33. The van der Waals surface area contributed by atoms with E-state index < -0.39 is 21.7 Å². The van der Waals surface area contributed by atoms with Gasteiger partial charge in [0, 0.05) is 35.5 Å². The number of ether oxygens (including phenoxy) is 4. The van der Waals surface area contributed by atoms with Crippen LogP contribution in [0.15, 0.2) is 12.2 Å². The van der Waals surface area contributed by atoms with Gasteiger partial charge < -0.3 is 18.9 Å². The molecule has 0 amide bonds. The van der Waals surface area contributed by atoms with Gasteiger partial charge in [-0.2, -0.15) is 0 Å². The fourth-order valence-electron chi connectivity index (χ4n) is 3.59. The highest BCUT2D eigenvalue weighted by Gasteiger charge is 2.34. The number of hydrogen-bond donors (Lipinski definition) is 0. The van der Waals surface area contributed by atoms with Crippen molar-refractivity contribution >= 4 is 17.3 Å². The maximum atomic E-state index is 12.4. The van der Waals surface area contributed by atoms with E-state index in [4.69, 9.17) is 18.9 Å². The van der Waals surface area contributed by atoms with E-state index in [0.717, 1.165) is 12.0 Å². The Morgan fingerprint density at radius 3 is 0.902 bits per heavy atom. The van der Waals surface area contributed by atoms with Gasteiger partial charge in [-0.05, 0) is 11.8 Å². The summed E-state index contributed by atoms with van der Waals surface area (Å²) in [6.45, 7) is 30.1. The standard InChI is InChI=1S/C34H62O7/c1-26(30(2,3)4)14-18-38-22-34(23-39-19-15-27(35)31(5,6)7,24-40-20-16-28(36)32(8,9)10)25-41-21-17-29(37)33(11,12)13/h1,14-25H2,2-13H3. The highest BCUT2D eigenvalue weighted by molar-refractivity contribution is 5.84. The number of rotatable bonds is 20. The first-order chi connectivity index (χ1) is 18.5. The number of Topliss-reactive ketones (excluding diaryl/α,β-unsaturated/α-hetero) is 3. The quantitative estimate of drug-likeness (QED) is 0.112. The van der Waals surface area contributed by atoms with Gasteiger partial charge in [0.05, 0.1) is 58.3 Å². The van der Waals surface area contributed by atoms with E-state index in [1.165, 1.54) is 0 Å². The minimum absolute atomic E-state index is 0.00540. The van der Waals surface area contributed by atoms with Crippen LogP contribution in [0.2, 0.25) is 0 Å². The largest absolute Gasteiger partial charge is 0.380 e. The number of carbonyl (C=O) groups is 3. The molecule has 0 rings (SSSR count). The summed E-state index contributed by atoms with van der Waals surface area (Å²) in [6, 6.07) is 0. The van der Waals surface area contributed by atoms with Crippen LogP contribution < -0.4 is 0 Å². The second-order valence-electron chi connectivity index (χ2n) is 15.6. The van der Waals surface area contributed by atoms with Crippen molar-refractivity contribution in [3.63, 3.8) is 0 Å². The van der Waals surface area contributed by atoms with Crippen LogP contribution in [0.4, 0.5) is 0 Å². The van der Waals surface area contributed by atoms with E-state index in [-0.39, 0.29) is 62.4 Å². The SMILES string of the molecule is C=C(CCOCC(COCCC(=O)C(C)(C)C)(COCCC(=O)C(C)(C)C)COCCC(=O)C(C)(C)C)C(C)(C)C.